The normalized spacial score (nSPS) is 10.7. The van der Waals surface area contributed by atoms with Crippen molar-refractivity contribution in [1.29, 1.82) is 5.26 Å². The van der Waals surface area contributed by atoms with Crippen molar-refractivity contribution in [1.82, 2.24) is 5.32 Å². The van der Waals surface area contributed by atoms with Crippen molar-refractivity contribution in [3.05, 3.63) is 59.1 Å². The summed E-state index contributed by atoms with van der Waals surface area (Å²) in [6.45, 7) is 0. The van der Waals surface area contributed by atoms with Crippen LogP contribution in [0, 0.1) is 11.5 Å². The van der Waals surface area contributed by atoms with Gasteiger partial charge in [0.2, 0.25) is 0 Å². The van der Waals surface area contributed by atoms with E-state index in [1.54, 1.807) is 48.5 Å². The van der Waals surface area contributed by atoms with Gasteiger partial charge in [-0.05, 0) is 42.7 Å². The lowest BCUT2D eigenvalue weighted by atomic mass is 10.2. The molecule has 2 aromatic rings. The zero-order chi connectivity index (χ0) is 16.7. The molecule has 0 saturated carbocycles. The van der Waals surface area contributed by atoms with Crippen molar-refractivity contribution >= 4 is 45.8 Å². The molecule has 116 valence electrons. The number of anilines is 1. The standard InChI is InChI=1S/C16H13ClN4OS/c1-23-16(19-10-18)21-12-8-6-11(7-9-12)20-15(22)13-4-2-3-5-14(13)17/h2-9H,1H3,(H,19,21)(H,20,22). The number of halogens is 1. The third-order valence-electron chi connectivity index (χ3n) is 2.83. The fraction of sp³-hybridized carbons (Fsp3) is 0.0625. The highest BCUT2D eigenvalue weighted by Gasteiger charge is 2.09. The van der Waals surface area contributed by atoms with Crippen LogP contribution in [0.2, 0.25) is 5.02 Å². The minimum atomic E-state index is -0.275. The van der Waals surface area contributed by atoms with E-state index >= 15 is 0 Å². The van der Waals surface area contributed by atoms with Gasteiger partial charge in [0.15, 0.2) is 11.4 Å². The number of thioether (sulfide) groups is 1. The van der Waals surface area contributed by atoms with Crippen LogP contribution < -0.4 is 10.6 Å². The Morgan fingerprint density at radius 3 is 2.52 bits per heavy atom. The smallest absolute Gasteiger partial charge is 0.257 e. The Morgan fingerprint density at radius 2 is 1.91 bits per heavy atom. The summed E-state index contributed by atoms with van der Waals surface area (Å²) in [6.07, 6.45) is 3.65. The highest BCUT2D eigenvalue weighted by molar-refractivity contribution is 8.13. The second-order valence-electron chi connectivity index (χ2n) is 4.34. The number of hydrogen-bond donors (Lipinski definition) is 2. The summed E-state index contributed by atoms with van der Waals surface area (Å²) in [6, 6.07) is 13.8. The number of amides is 1. The number of aliphatic imine (C=N–C) groups is 1. The Balaban J connectivity index is 2.10. The van der Waals surface area contributed by atoms with Gasteiger partial charge in [-0.25, -0.2) is 4.99 Å². The largest absolute Gasteiger partial charge is 0.322 e. The number of nitrogens with one attached hydrogen (secondary N) is 2. The van der Waals surface area contributed by atoms with E-state index in [9.17, 15) is 4.79 Å². The van der Waals surface area contributed by atoms with Gasteiger partial charge in [0.1, 0.15) is 0 Å². The SMILES string of the molecule is CSC(=Nc1ccc(NC(=O)c2ccccc2Cl)cc1)NC#N. The maximum Gasteiger partial charge on any atom is 0.257 e. The zero-order valence-electron chi connectivity index (χ0n) is 12.2. The first-order chi connectivity index (χ1) is 11.1. The predicted molar refractivity (Wildman–Crippen MR) is 95.2 cm³/mol. The van der Waals surface area contributed by atoms with Crippen LogP contribution in [0.15, 0.2) is 53.5 Å². The second kappa shape index (κ2) is 8.22. The number of amidine groups is 1. The average molecular weight is 345 g/mol. The number of nitriles is 1. The highest BCUT2D eigenvalue weighted by Crippen LogP contribution is 2.20. The Hall–Kier alpha value is -2.49. The van der Waals surface area contributed by atoms with E-state index in [-0.39, 0.29) is 5.91 Å². The van der Waals surface area contributed by atoms with Gasteiger partial charge in [-0.3, -0.25) is 10.1 Å². The molecule has 0 aromatic heterocycles. The molecule has 0 atom stereocenters. The summed E-state index contributed by atoms with van der Waals surface area (Å²) >= 11 is 7.33. The van der Waals surface area contributed by atoms with Gasteiger partial charge in [0.05, 0.1) is 16.3 Å². The minimum Gasteiger partial charge on any atom is -0.322 e. The van der Waals surface area contributed by atoms with Crippen LogP contribution in [0.1, 0.15) is 10.4 Å². The van der Waals surface area contributed by atoms with E-state index in [0.29, 0.717) is 27.1 Å². The third kappa shape index (κ3) is 4.74. The van der Waals surface area contributed by atoms with Gasteiger partial charge in [0.25, 0.3) is 5.91 Å². The van der Waals surface area contributed by atoms with E-state index in [2.05, 4.69) is 15.6 Å². The maximum atomic E-state index is 12.2. The van der Waals surface area contributed by atoms with Crippen LogP contribution in [0.25, 0.3) is 0 Å². The summed E-state index contributed by atoms with van der Waals surface area (Å²) in [4.78, 5) is 16.4. The van der Waals surface area contributed by atoms with Crippen LogP contribution in [0.5, 0.6) is 0 Å². The third-order valence-corrected chi connectivity index (χ3v) is 3.74. The summed E-state index contributed by atoms with van der Waals surface area (Å²) in [5.41, 5.74) is 1.72. The molecule has 5 nitrogen and oxygen atoms in total. The van der Waals surface area contributed by atoms with Gasteiger partial charge in [-0.2, -0.15) is 5.26 Å². The number of carbonyl (C=O) groups excluding carboxylic acids is 1. The molecule has 0 radical (unpaired) electrons. The lowest BCUT2D eigenvalue weighted by molar-refractivity contribution is 0.102. The quantitative estimate of drug-likeness (QED) is 0.381. The number of benzene rings is 2. The summed E-state index contributed by atoms with van der Waals surface area (Å²) in [5, 5.41) is 14.8. The lowest BCUT2D eigenvalue weighted by Crippen LogP contribution is -2.12. The van der Waals surface area contributed by atoms with E-state index in [0.717, 1.165) is 0 Å². The van der Waals surface area contributed by atoms with E-state index in [1.165, 1.54) is 11.8 Å². The number of nitrogens with zero attached hydrogens (tertiary/aromatic N) is 2. The van der Waals surface area contributed by atoms with Crippen LogP contribution in [0.4, 0.5) is 11.4 Å². The number of rotatable bonds is 3. The summed E-state index contributed by atoms with van der Waals surface area (Å²) in [7, 11) is 0. The molecule has 0 aliphatic carbocycles. The molecule has 0 saturated heterocycles. The molecule has 0 aliphatic heterocycles. The van der Waals surface area contributed by atoms with Crippen LogP contribution >= 0.6 is 23.4 Å². The maximum absolute atomic E-state index is 12.2. The first-order valence-electron chi connectivity index (χ1n) is 6.58. The monoisotopic (exact) mass is 344 g/mol. The van der Waals surface area contributed by atoms with Crippen LogP contribution in [0.3, 0.4) is 0 Å². The summed E-state index contributed by atoms with van der Waals surface area (Å²) in [5.74, 6) is -0.275. The Bertz CT molecular complexity index is 768. The Morgan fingerprint density at radius 1 is 1.22 bits per heavy atom. The molecule has 7 heteroatoms. The number of hydrogen-bond acceptors (Lipinski definition) is 4. The average Bonchev–Trinajstić information content (AvgIpc) is 2.56. The molecular formula is C16H13ClN4OS. The van der Waals surface area contributed by atoms with Gasteiger partial charge < -0.3 is 5.32 Å². The second-order valence-corrected chi connectivity index (χ2v) is 5.54. The van der Waals surface area contributed by atoms with Crippen molar-refractivity contribution in [2.45, 2.75) is 0 Å². The van der Waals surface area contributed by atoms with Gasteiger partial charge in [-0.15, -0.1) is 0 Å². The fourth-order valence-corrected chi connectivity index (χ4v) is 2.32. The first kappa shape index (κ1) is 16.9. The zero-order valence-corrected chi connectivity index (χ0v) is 13.8. The Kier molecular flexibility index (Phi) is 6.03. The molecule has 2 N–H and O–H groups in total. The molecule has 0 aliphatic rings. The minimum absolute atomic E-state index is 0.275. The van der Waals surface area contributed by atoms with E-state index < -0.39 is 0 Å². The van der Waals surface area contributed by atoms with Crippen molar-refractivity contribution in [2.75, 3.05) is 11.6 Å². The molecule has 23 heavy (non-hydrogen) atoms. The molecule has 2 aromatic carbocycles. The Labute approximate surface area is 143 Å². The van der Waals surface area contributed by atoms with Crippen molar-refractivity contribution in [3.8, 4) is 6.19 Å². The molecule has 0 bridgehead atoms. The van der Waals surface area contributed by atoms with Gasteiger partial charge >= 0.3 is 0 Å². The molecule has 0 spiro atoms. The molecule has 2 rings (SSSR count). The topological polar surface area (TPSA) is 77.3 Å². The predicted octanol–water partition coefficient (Wildman–Crippen LogP) is 4.01. The van der Waals surface area contributed by atoms with Crippen molar-refractivity contribution in [2.24, 2.45) is 4.99 Å². The van der Waals surface area contributed by atoms with Crippen molar-refractivity contribution in [3.63, 3.8) is 0 Å². The molecule has 0 unspecified atom stereocenters. The first-order valence-corrected chi connectivity index (χ1v) is 8.18. The van der Waals surface area contributed by atoms with Crippen molar-refractivity contribution < 1.29 is 4.79 Å². The molecule has 0 fully saturated rings. The van der Waals surface area contributed by atoms with Crippen LogP contribution in [-0.4, -0.2) is 17.3 Å². The molecule has 1 amide bonds. The molecular weight excluding hydrogens is 332 g/mol. The van der Waals surface area contributed by atoms with Gasteiger partial charge in [0, 0.05) is 5.69 Å². The number of carbonyl (C=O) groups is 1. The van der Waals surface area contributed by atoms with Gasteiger partial charge in [-0.1, -0.05) is 35.5 Å². The summed E-state index contributed by atoms with van der Waals surface area (Å²) < 4.78 is 0. The fourth-order valence-electron chi connectivity index (χ4n) is 1.75. The van der Waals surface area contributed by atoms with E-state index in [1.807, 2.05) is 12.4 Å². The molecule has 0 heterocycles. The lowest BCUT2D eigenvalue weighted by Gasteiger charge is -2.07. The van der Waals surface area contributed by atoms with Crippen LogP contribution in [-0.2, 0) is 0 Å². The highest BCUT2D eigenvalue weighted by atomic mass is 35.5. The van der Waals surface area contributed by atoms with E-state index in [4.69, 9.17) is 16.9 Å².